The molecule has 0 spiro atoms. The van der Waals surface area contributed by atoms with Crippen molar-refractivity contribution >= 4 is 5.69 Å². The zero-order valence-electron chi connectivity index (χ0n) is 16.1. The summed E-state index contributed by atoms with van der Waals surface area (Å²) in [6, 6.07) is 9.17. The molecular formula is C24H26N2O. The lowest BCUT2D eigenvalue weighted by Crippen LogP contribution is -2.32. The van der Waals surface area contributed by atoms with Gasteiger partial charge in [-0.05, 0) is 96.9 Å². The summed E-state index contributed by atoms with van der Waals surface area (Å²) in [5.74, 6) is 0.943. The quantitative estimate of drug-likeness (QED) is 0.773. The van der Waals surface area contributed by atoms with E-state index in [2.05, 4.69) is 29.2 Å². The average molecular weight is 358 g/mol. The Balaban J connectivity index is 1.78. The van der Waals surface area contributed by atoms with Crippen LogP contribution in [0.2, 0.25) is 0 Å². The Morgan fingerprint density at radius 1 is 0.926 bits per heavy atom. The number of rotatable bonds is 2. The van der Waals surface area contributed by atoms with Gasteiger partial charge >= 0.3 is 0 Å². The van der Waals surface area contributed by atoms with E-state index in [1.165, 1.54) is 64.8 Å². The molecule has 138 valence electrons. The molecular weight excluding hydrogens is 332 g/mol. The van der Waals surface area contributed by atoms with Crippen LogP contribution >= 0.6 is 0 Å². The first-order valence-electron chi connectivity index (χ1n) is 10.3. The summed E-state index contributed by atoms with van der Waals surface area (Å²) in [7, 11) is 1.74. The minimum absolute atomic E-state index is 0.943. The van der Waals surface area contributed by atoms with Gasteiger partial charge in [-0.1, -0.05) is 6.07 Å². The summed E-state index contributed by atoms with van der Waals surface area (Å²) >= 11 is 0. The smallest absolute Gasteiger partial charge is 0.119 e. The molecule has 5 rings (SSSR count). The zero-order chi connectivity index (χ0) is 18.4. The van der Waals surface area contributed by atoms with Crippen molar-refractivity contribution in [3.63, 3.8) is 0 Å². The van der Waals surface area contributed by atoms with Gasteiger partial charge in [0.15, 0.2) is 0 Å². The van der Waals surface area contributed by atoms with Crippen LogP contribution < -0.4 is 9.64 Å². The SMILES string of the molecule is COc1ccc2c(c1)CCc1c-2c2c(c(C#N)c1N1CCCCC1)CCC2. The van der Waals surface area contributed by atoms with Crippen molar-refractivity contribution in [2.45, 2.75) is 51.4 Å². The molecule has 0 N–H and O–H groups in total. The van der Waals surface area contributed by atoms with Crippen molar-refractivity contribution in [1.82, 2.24) is 0 Å². The van der Waals surface area contributed by atoms with E-state index in [0.29, 0.717) is 0 Å². The van der Waals surface area contributed by atoms with Crippen molar-refractivity contribution in [3.8, 4) is 22.9 Å². The molecule has 0 aromatic heterocycles. The molecule has 3 heteroatoms. The molecule has 2 aromatic rings. The second kappa shape index (κ2) is 6.60. The van der Waals surface area contributed by atoms with Gasteiger partial charge in [0.25, 0.3) is 0 Å². The van der Waals surface area contributed by atoms with Crippen LogP contribution in [0.25, 0.3) is 11.1 Å². The molecule has 0 bridgehead atoms. The number of ether oxygens (including phenoxy) is 1. The van der Waals surface area contributed by atoms with Crippen molar-refractivity contribution in [3.05, 3.63) is 46.0 Å². The highest BCUT2D eigenvalue weighted by Gasteiger charge is 2.32. The van der Waals surface area contributed by atoms with Crippen molar-refractivity contribution < 1.29 is 4.74 Å². The Kier molecular flexibility index (Phi) is 4.08. The van der Waals surface area contributed by atoms with E-state index in [1.54, 1.807) is 7.11 Å². The van der Waals surface area contributed by atoms with Gasteiger partial charge in [-0.2, -0.15) is 5.26 Å². The van der Waals surface area contributed by atoms with Crippen molar-refractivity contribution in [2.75, 3.05) is 25.1 Å². The lowest BCUT2D eigenvalue weighted by atomic mass is 9.78. The number of nitrogens with zero attached hydrogens (tertiary/aromatic N) is 2. The number of methoxy groups -OCH3 is 1. The van der Waals surface area contributed by atoms with Crippen LogP contribution in [0.4, 0.5) is 5.69 Å². The van der Waals surface area contributed by atoms with Crippen LogP contribution in [0.3, 0.4) is 0 Å². The van der Waals surface area contributed by atoms with Gasteiger partial charge in [0.1, 0.15) is 11.8 Å². The average Bonchev–Trinajstić information content (AvgIpc) is 3.22. The van der Waals surface area contributed by atoms with Crippen molar-refractivity contribution in [2.24, 2.45) is 0 Å². The standard InChI is InChI=1S/C24H26N2O/c1-27-17-9-11-18-16(14-17)8-10-21-23(18)20-7-5-6-19(20)22(15-25)24(21)26-12-3-2-4-13-26/h9,11,14H,2-8,10,12-13H2,1H3. The second-order valence-electron chi connectivity index (χ2n) is 8.07. The van der Waals surface area contributed by atoms with Crippen LogP contribution in [0.5, 0.6) is 5.75 Å². The van der Waals surface area contributed by atoms with E-state index >= 15 is 0 Å². The lowest BCUT2D eigenvalue weighted by Gasteiger charge is -2.35. The molecule has 0 radical (unpaired) electrons. The van der Waals surface area contributed by atoms with E-state index in [4.69, 9.17) is 4.74 Å². The summed E-state index contributed by atoms with van der Waals surface area (Å²) < 4.78 is 5.47. The van der Waals surface area contributed by atoms with Crippen molar-refractivity contribution in [1.29, 1.82) is 5.26 Å². The van der Waals surface area contributed by atoms with E-state index in [0.717, 1.165) is 50.1 Å². The highest BCUT2D eigenvalue weighted by molar-refractivity contribution is 5.87. The van der Waals surface area contributed by atoms with Crippen LogP contribution in [0.15, 0.2) is 18.2 Å². The highest BCUT2D eigenvalue weighted by Crippen LogP contribution is 2.48. The fourth-order valence-electron chi connectivity index (χ4n) is 5.45. The highest BCUT2D eigenvalue weighted by atomic mass is 16.5. The first-order chi connectivity index (χ1) is 13.3. The summed E-state index contributed by atoms with van der Waals surface area (Å²) in [6.45, 7) is 2.19. The van der Waals surface area contributed by atoms with Gasteiger partial charge in [-0.15, -0.1) is 0 Å². The van der Waals surface area contributed by atoms with Crippen LogP contribution in [-0.2, 0) is 25.7 Å². The predicted octanol–water partition coefficient (Wildman–Crippen LogP) is 4.81. The van der Waals surface area contributed by atoms with Gasteiger partial charge in [0, 0.05) is 13.1 Å². The van der Waals surface area contributed by atoms with Crippen LogP contribution in [0.1, 0.15) is 53.5 Å². The van der Waals surface area contributed by atoms with E-state index < -0.39 is 0 Å². The summed E-state index contributed by atoms with van der Waals surface area (Å²) in [4.78, 5) is 2.52. The number of benzene rings is 2. The molecule has 1 aliphatic heterocycles. The van der Waals surface area contributed by atoms with E-state index in [9.17, 15) is 5.26 Å². The molecule has 2 aromatic carbocycles. The molecule has 0 saturated carbocycles. The number of hydrogen-bond donors (Lipinski definition) is 0. The molecule has 3 nitrogen and oxygen atoms in total. The normalized spacial score (nSPS) is 17.7. The minimum atomic E-state index is 0.943. The fraction of sp³-hybridized carbons (Fsp3) is 0.458. The first-order valence-corrected chi connectivity index (χ1v) is 10.3. The largest absolute Gasteiger partial charge is 0.497 e. The minimum Gasteiger partial charge on any atom is -0.497 e. The fourth-order valence-corrected chi connectivity index (χ4v) is 5.45. The third-order valence-corrected chi connectivity index (χ3v) is 6.66. The Bertz CT molecular complexity index is 948. The molecule has 1 heterocycles. The molecule has 2 aliphatic carbocycles. The predicted molar refractivity (Wildman–Crippen MR) is 109 cm³/mol. The Morgan fingerprint density at radius 3 is 2.52 bits per heavy atom. The van der Waals surface area contributed by atoms with Gasteiger partial charge in [-0.3, -0.25) is 0 Å². The first kappa shape index (κ1) is 16.7. The van der Waals surface area contributed by atoms with Gasteiger partial charge < -0.3 is 9.64 Å². The maximum absolute atomic E-state index is 10.1. The second-order valence-corrected chi connectivity index (χ2v) is 8.07. The topological polar surface area (TPSA) is 36.3 Å². The summed E-state index contributed by atoms with van der Waals surface area (Å²) in [5, 5.41) is 10.1. The summed E-state index contributed by atoms with van der Waals surface area (Å²) in [5.41, 5.74) is 10.7. The maximum atomic E-state index is 10.1. The van der Waals surface area contributed by atoms with E-state index in [1.807, 2.05) is 0 Å². The number of nitriles is 1. The Hall–Kier alpha value is -2.47. The molecule has 3 aliphatic rings. The number of hydrogen-bond acceptors (Lipinski definition) is 3. The van der Waals surface area contributed by atoms with E-state index in [-0.39, 0.29) is 0 Å². The number of aryl methyl sites for hydroxylation is 1. The number of piperidine rings is 1. The maximum Gasteiger partial charge on any atom is 0.119 e. The Labute approximate surface area is 161 Å². The monoisotopic (exact) mass is 358 g/mol. The van der Waals surface area contributed by atoms with Gasteiger partial charge in [-0.25, -0.2) is 0 Å². The molecule has 0 unspecified atom stereocenters. The number of anilines is 1. The molecule has 1 saturated heterocycles. The molecule has 0 amide bonds. The molecule has 27 heavy (non-hydrogen) atoms. The zero-order valence-corrected chi connectivity index (χ0v) is 16.1. The molecule has 0 atom stereocenters. The van der Waals surface area contributed by atoms with Gasteiger partial charge in [0.2, 0.25) is 0 Å². The Morgan fingerprint density at radius 2 is 1.74 bits per heavy atom. The third kappa shape index (κ3) is 2.54. The van der Waals surface area contributed by atoms with Crippen LogP contribution in [0, 0.1) is 11.3 Å². The van der Waals surface area contributed by atoms with Gasteiger partial charge in [0.05, 0.1) is 18.4 Å². The van der Waals surface area contributed by atoms with Crippen LogP contribution in [-0.4, -0.2) is 20.2 Å². The molecule has 1 fully saturated rings. The summed E-state index contributed by atoms with van der Waals surface area (Å²) in [6.07, 6.45) is 9.19. The lowest BCUT2D eigenvalue weighted by molar-refractivity contribution is 0.414. The third-order valence-electron chi connectivity index (χ3n) is 6.66. The number of fused-ring (bicyclic) bond motifs is 5.